The second kappa shape index (κ2) is 3.49. The lowest BCUT2D eigenvalue weighted by molar-refractivity contribution is -0.144. The average molecular weight is 260 g/mol. The predicted octanol–water partition coefficient (Wildman–Crippen LogP) is 2.81. The van der Waals surface area contributed by atoms with Crippen molar-refractivity contribution in [2.75, 3.05) is 0 Å². The van der Waals surface area contributed by atoms with E-state index in [-0.39, 0.29) is 17.7 Å². The van der Waals surface area contributed by atoms with E-state index in [0.29, 0.717) is 12.8 Å². The number of carbonyl (C=O) groups is 1. The van der Waals surface area contributed by atoms with E-state index in [2.05, 4.69) is 5.10 Å². The maximum Gasteiger partial charge on any atom is 0.433 e. The molecule has 0 spiro atoms. The molecule has 0 aliphatic heterocycles. The van der Waals surface area contributed by atoms with Crippen molar-refractivity contribution in [3.8, 4) is 0 Å². The molecule has 0 atom stereocenters. The third-order valence-corrected chi connectivity index (χ3v) is 3.28. The maximum absolute atomic E-state index is 13.0. The quantitative estimate of drug-likeness (QED) is 0.909. The van der Waals surface area contributed by atoms with Gasteiger partial charge < -0.3 is 5.11 Å². The summed E-state index contributed by atoms with van der Waals surface area (Å²) in [5.41, 5.74) is -1.61. The van der Waals surface area contributed by atoms with E-state index in [1.54, 1.807) is 0 Å². The smallest absolute Gasteiger partial charge is 0.433 e. The van der Waals surface area contributed by atoms with Gasteiger partial charge in [0.2, 0.25) is 0 Å². The Morgan fingerprint density at radius 1 is 1.28 bits per heavy atom. The summed E-state index contributed by atoms with van der Waals surface area (Å²) in [5, 5.41) is 13.0. The number of nitrogens with zero attached hydrogens (tertiary/aromatic N) is 2. The number of hydrogen-bond acceptors (Lipinski definition) is 2. The lowest BCUT2D eigenvalue weighted by Gasteiger charge is -2.10. The first-order valence-electron chi connectivity index (χ1n) is 5.82. The van der Waals surface area contributed by atoms with Crippen LogP contribution in [0.5, 0.6) is 0 Å². The van der Waals surface area contributed by atoms with Gasteiger partial charge in [-0.3, -0.25) is 4.68 Å². The van der Waals surface area contributed by atoms with Crippen molar-refractivity contribution in [1.82, 2.24) is 9.78 Å². The standard InChI is InChI=1S/C11H11F3N2O2/c12-11(13,14)9-7(10(17)18)8(5-1-2-5)15-16(9)6-3-4-6/h5-6H,1-4H2,(H,17,18). The van der Waals surface area contributed by atoms with Gasteiger partial charge in [-0.15, -0.1) is 0 Å². The molecule has 2 fully saturated rings. The van der Waals surface area contributed by atoms with Gasteiger partial charge in [0.15, 0.2) is 5.69 Å². The lowest BCUT2D eigenvalue weighted by Crippen LogP contribution is -2.17. The molecule has 1 N–H and O–H groups in total. The molecule has 1 aromatic heterocycles. The number of alkyl halides is 3. The van der Waals surface area contributed by atoms with Gasteiger partial charge in [0.1, 0.15) is 5.56 Å². The molecule has 98 valence electrons. The molecule has 2 saturated carbocycles. The van der Waals surface area contributed by atoms with Crippen molar-refractivity contribution in [3.63, 3.8) is 0 Å². The number of halogens is 3. The maximum atomic E-state index is 13.0. The highest BCUT2D eigenvalue weighted by molar-refractivity contribution is 5.91. The Hall–Kier alpha value is -1.53. The van der Waals surface area contributed by atoms with Crippen LogP contribution in [-0.2, 0) is 6.18 Å². The zero-order valence-corrected chi connectivity index (χ0v) is 9.37. The van der Waals surface area contributed by atoms with Crippen LogP contribution in [0.4, 0.5) is 13.2 Å². The minimum atomic E-state index is -4.67. The second-order valence-electron chi connectivity index (χ2n) is 4.86. The molecule has 1 aromatic rings. The van der Waals surface area contributed by atoms with Gasteiger partial charge in [0.05, 0.1) is 11.7 Å². The lowest BCUT2D eigenvalue weighted by atomic mass is 10.1. The van der Waals surface area contributed by atoms with E-state index in [9.17, 15) is 18.0 Å². The van der Waals surface area contributed by atoms with Gasteiger partial charge in [0.25, 0.3) is 0 Å². The highest BCUT2D eigenvalue weighted by Gasteiger charge is 2.47. The first kappa shape index (κ1) is 11.6. The van der Waals surface area contributed by atoms with E-state index in [1.807, 2.05) is 0 Å². The molecule has 1 heterocycles. The van der Waals surface area contributed by atoms with Gasteiger partial charge in [-0.25, -0.2) is 4.79 Å². The van der Waals surface area contributed by atoms with Crippen LogP contribution in [0.25, 0.3) is 0 Å². The van der Waals surface area contributed by atoms with E-state index in [1.165, 1.54) is 0 Å². The molecule has 0 bridgehead atoms. The molecule has 0 amide bonds. The predicted molar refractivity (Wildman–Crippen MR) is 54.4 cm³/mol. The fraction of sp³-hybridized carbons (Fsp3) is 0.636. The number of carboxylic acid groups (broad SMARTS) is 1. The van der Waals surface area contributed by atoms with E-state index in [0.717, 1.165) is 17.5 Å². The summed E-state index contributed by atoms with van der Waals surface area (Å²) in [4.78, 5) is 11.1. The van der Waals surface area contributed by atoms with Crippen LogP contribution in [0.3, 0.4) is 0 Å². The molecular formula is C11H11F3N2O2. The van der Waals surface area contributed by atoms with Crippen molar-refractivity contribution in [1.29, 1.82) is 0 Å². The summed E-state index contributed by atoms with van der Waals surface area (Å²) in [5.74, 6) is -1.65. The zero-order chi connectivity index (χ0) is 13.1. The monoisotopic (exact) mass is 260 g/mol. The second-order valence-corrected chi connectivity index (χ2v) is 4.86. The Labute approximate surface area is 100 Å². The number of aromatic nitrogens is 2. The largest absolute Gasteiger partial charge is 0.478 e. The third-order valence-electron chi connectivity index (χ3n) is 3.28. The van der Waals surface area contributed by atoms with E-state index < -0.39 is 23.4 Å². The van der Waals surface area contributed by atoms with Crippen molar-refractivity contribution in [2.45, 2.75) is 43.8 Å². The summed E-state index contributed by atoms with van der Waals surface area (Å²) in [7, 11) is 0. The fourth-order valence-electron chi connectivity index (χ4n) is 2.16. The molecule has 0 radical (unpaired) electrons. The van der Waals surface area contributed by atoms with E-state index >= 15 is 0 Å². The van der Waals surface area contributed by atoms with Crippen molar-refractivity contribution in [2.24, 2.45) is 0 Å². The normalized spacial score (nSPS) is 20.2. The van der Waals surface area contributed by atoms with Crippen LogP contribution in [0, 0.1) is 0 Å². The first-order chi connectivity index (χ1) is 8.39. The molecular weight excluding hydrogens is 249 g/mol. The van der Waals surface area contributed by atoms with Crippen molar-refractivity contribution < 1.29 is 23.1 Å². The van der Waals surface area contributed by atoms with Gasteiger partial charge in [0, 0.05) is 5.92 Å². The molecule has 18 heavy (non-hydrogen) atoms. The SMILES string of the molecule is O=C(O)c1c(C2CC2)nn(C2CC2)c1C(F)(F)F. The summed E-state index contributed by atoms with van der Waals surface area (Å²) in [6, 6.07) is -0.285. The zero-order valence-electron chi connectivity index (χ0n) is 9.37. The van der Waals surface area contributed by atoms with Gasteiger partial charge >= 0.3 is 12.1 Å². The molecule has 2 aliphatic carbocycles. The Bertz CT molecular complexity index is 513. The first-order valence-corrected chi connectivity index (χ1v) is 5.82. The number of carboxylic acids is 1. The van der Waals surface area contributed by atoms with Crippen LogP contribution in [-0.4, -0.2) is 20.9 Å². The van der Waals surface area contributed by atoms with Gasteiger partial charge in [-0.1, -0.05) is 0 Å². The minimum Gasteiger partial charge on any atom is -0.478 e. The molecule has 2 aliphatic rings. The molecule has 0 unspecified atom stereocenters. The van der Waals surface area contributed by atoms with Gasteiger partial charge in [-0.2, -0.15) is 18.3 Å². The summed E-state index contributed by atoms with van der Waals surface area (Å²) >= 11 is 0. The molecule has 0 aromatic carbocycles. The van der Waals surface area contributed by atoms with Crippen molar-refractivity contribution >= 4 is 5.97 Å². The van der Waals surface area contributed by atoms with Crippen molar-refractivity contribution in [3.05, 3.63) is 17.0 Å². The average Bonchev–Trinajstić information content (AvgIpc) is 3.12. The third kappa shape index (κ3) is 1.77. The number of rotatable bonds is 3. The summed E-state index contributed by atoms with van der Waals surface area (Å²) in [6.45, 7) is 0. The fourth-order valence-corrected chi connectivity index (χ4v) is 2.16. The highest BCUT2D eigenvalue weighted by Crippen LogP contribution is 2.47. The highest BCUT2D eigenvalue weighted by atomic mass is 19.4. The van der Waals surface area contributed by atoms with Crippen LogP contribution < -0.4 is 0 Å². The summed E-state index contributed by atoms with van der Waals surface area (Å²) < 4.78 is 40.0. The molecule has 7 heteroatoms. The minimum absolute atomic E-state index is 0.113. The Balaban J connectivity index is 2.20. The molecule has 3 rings (SSSR count). The number of hydrogen-bond donors (Lipinski definition) is 1. The van der Waals surface area contributed by atoms with Crippen LogP contribution >= 0.6 is 0 Å². The molecule has 4 nitrogen and oxygen atoms in total. The number of aromatic carboxylic acids is 1. The molecule has 0 saturated heterocycles. The van der Waals surface area contributed by atoms with Crippen LogP contribution in [0.1, 0.15) is 59.4 Å². The Morgan fingerprint density at radius 2 is 1.89 bits per heavy atom. The summed E-state index contributed by atoms with van der Waals surface area (Å²) in [6.07, 6.45) is -1.96. The Morgan fingerprint density at radius 3 is 2.28 bits per heavy atom. The van der Waals surface area contributed by atoms with Crippen LogP contribution in [0.15, 0.2) is 0 Å². The Kier molecular flexibility index (Phi) is 2.24. The van der Waals surface area contributed by atoms with Gasteiger partial charge in [-0.05, 0) is 25.7 Å². The topological polar surface area (TPSA) is 55.1 Å². The van der Waals surface area contributed by atoms with E-state index in [4.69, 9.17) is 5.11 Å². The van der Waals surface area contributed by atoms with Crippen LogP contribution in [0.2, 0.25) is 0 Å².